The maximum Gasteiger partial charge on any atom is 0.552 e. The molecule has 20 nitrogen and oxygen atoms in total. The molecule has 340 valence electrons. The number of halogens is 4. The van der Waals surface area contributed by atoms with Crippen LogP contribution in [0.4, 0.5) is 8.78 Å². The summed E-state index contributed by atoms with van der Waals surface area (Å²) in [5.41, 5.74) is 0.102. The van der Waals surface area contributed by atoms with Crippen LogP contribution < -0.4 is 21.3 Å². The molecule has 2 aromatic rings. The van der Waals surface area contributed by atoms with Gasteiger partial charge in [-0.25, -0.2) is 8.78 Å². The number of carbonyl (C=O) groups is 8. The number of rotatable bonds is 20. The summed E-state index contributed by atoms with van der Waals surface area (Å²) in [6, 6.07) is 7.24. The van der Waals surface area contributed by atoms with Crippen LogP contribution in [0.15, 0.2) is 45.3 Å². The first-order chi connectivity index (χ1) is 28.9. The highest BCUT2D eigenvalue weighted by Gasteiger charge is 2.46. The van der Waals surface area contributed by atoms with Crippen molar-refractivity contribution in [3.63, 3.8) is 0 Å². The van der Waals surface area contributed by atoms with Gasteiger partial charge in [0.2, 0.25) is 18.1 Å². The minimum Gasteiger partial charge on any atom is -0.506 e. The molecule has 1 fully saturated rings. The van der Waals surface area contributed by atoms with Gasteiger partial charge in [0.25, 0.3) is 18.3 Å². The van der Waals surface area contributed by atoms with Crippen molar-refractivity contribution in [2.45, 2.75) is 77.7 Å². The molecule has 0 saturated carbocycles. The van der Waals surface area contributed by atoms with Gasteiger partial charge in [0.05, 0.1) is 42.5 Å². The van der Waals surface area contributed by atoms with E-state index in [1.54, 1.807) is 0 Å². The van der Waals surface area contributed by atoms with Gasteiger partial charge < -0.3 is 60.7 Å². The summed E-state index contributed by atoms with van der Waals surface area (Å²) < 4.78 is 41.6. The Bertz CT molecular complexity index is 1880. The second kappa shape index (κ2) is 27.8. The van der Waals surface area contributed by atoms with E-state index in [1.165, 1.54) is 24.3 Å². The van der Waals surface area contributed by atoms with E-state index in [2.05, 4.69) is 57.9 Å². The average Bonchev–Trinajstić information content (AvgIpc) is 3.52. The number of benzene rings is 2. The third kappa shape index (κ3) is 21.7. The summed E-state index contributed by atoms with van der Waals surface area (Å²) in [6.07, 6.45) is -3.14. The number of hydrogen-bond donors (Lipinski definition) is 9. The number of aliphatic hydroxyl groups is 1. The lowest BCUT2D eigenvalue weighted by Gasteiger charge is -2.21. The number of carboxylic acids is 2. The molecule has 1 heterocycles. The maximum absolute atomic E-state index is 13.3. The average molecular weight is 1010 g/mol. The summed E-state index contributed by atoms with van der Waals surface area (Å²) in [5.74, 6) is -8.13. The smallest absolute Gasteiger partial charge is 0.506 e. The molecule has 1 aliphatic heterocycles. The molecular weight excluding hydrogens is 964 g/mol. The Morgan fingerprint density at radius 2 is 1.32 bits per heavy atom. The minimum atomic E-state index is -1.69. The predicted molar refractivity (Wildman–Crippen MR) is 220 cm³/mol. The topological polar surface area (TPSA) is 314 Å². The third-order valence-corrected chi connectivity index (χ3v) is 9.10. The second-order valence-electron chi connectivity index (χ2n) is 13.9. The Morgan fingerprint density at radius 1 is 0.839 bits per heavy atom. The van der Waals surface area contributed by atoms with E-state index in [0.717, 1.165) is 12.1 Å². The van der Waals surface area contributed by atoms with Gasteiger partial charge in [-0.05, 0) is 92.9 Å². The Labute approximate surface area is 371 Å². The van der Waals surface area contributed by atoms with Crippen LogP contribution in [0.3, 0.4) is 0 Å². The number of carbonyl (C=O) groups excluding carboxylic acids is 6. The SMILES string of the molecule is CC(C)C[C@H](NC(=O)CNC(=O)c1cc(F)ccc1Br)B(O)O.CC(C)C[C@H](NC(=O)CNC(=O)c1cc(F)ccc1Br)B1OC(=O)[C@@H](CC(=O)O)O1.O=CO[C@@H](O)CC(=O)O. The molecule has 9 N–H and O–H groups in total. The Hall–Kier alpha value is -5.01. The van der Waals surface area contributed by atoms with Crippen LogP contribution in [-0.2, 0) is 42.8 Å². The predicted octanol–water partition coefficient (Wildman–Crippen LogP) is 1.11. The Morgan fingerprint density at radius 3 is 1.74 bits per heavy atom. The summed E-state index contributed by atoms with van der Waals surface area (Å²) in [5, 5.41) is 53.5. The van der Waals surface area contributed by atoms with Crippen molar-refractivity contribution in [3.05, 3.63) is 68.1 Å². The van der Waals surface area contributed by atoms with Gasteiger partial charge in [0, 0.05) is 8.95 Å². The maximum atomic E-state index is 13.3. The fourth-order valence-electron chi connectivity index (χ4n) is 5.04. The molecular formula is C36H46B2Br2F2N4O16. The number of nitrogens with one attached hydrogen (secondary N) is 4. The van der Waals surface area contributed by atoms with Gasteiger partial charge in [-0.2, -0.15) is 0 Å². The summed E-state index contributed by atoms with van der Waals surface area (Å²) >= 11 is 6.27. The summed E-state index contributed by atoms with van der Waals surface area (Å²) in [4.78, 5) is 90.0. The highest BCUT2D eigenvalue weighted by atomic mass is 79.9. The molecule has 2 aromatic carbocycles. The number of aliphatic hydroxyl groups excluding tert-OH is 1. The van der Waals surface area contributed by atoms with E-state index in [9.17, 15) is 57.2 Å². The van der Waals surface area contributed by atoms with E-state index in [4.69, 9.17) is 24.6 Å². The van der Waals surface area contributed by atoms with E-state index in [1.807, 2.05) is 27.7 Å². The zero-order valence-electron chi connectivity index (χ0n) is 33.6. The molecule has 4 amide bonds. The zero-order valence-corrected chi connectivity index (χ0v) is 36.8. The van der Waals surface area contributed by atoms with Crippen molar-refractivity contribution < 1.29 is 86.6 Å². The lowest BCUT2D eigenvalue weighted by Crippen LogP contribution is -2.50. The lowest BCUT2D eigenvalue weighted by atomic mass is 9.74. The first-order valence-corrected chi connectivity index (χ1v) is 20.0. The molecule has 0 bridgehead atoms. The van der Waals surface area contributed by atoms with Gasteiger partial charge >= 0.3 is 32.1 Å². The quantitative estimate of drug-likeness (QED) is 0.0510. The molecule has 4 atom stereocenters. The molecule has 0 aliphatic carbocycles. The van der Waals surface area contributed by atoms with Gasteiger partial charge in [0.15, 0.2) is 6.10 Å². The molecule has 62 heavy (non-hydrogen) atoms. The van der Waals surface area contributed by atoms with E-state index in [0.29, 0.717) is 21.8 Å². The van der Waals surface area contributed by atoms with Crippen molar-refractivity contribution in [2.24, 2.45) is 11.8 Å². The van der Waals surface area contributed by atoms with Crippen LogP contribution in [-0.4, -0.2) is 125 Å². The fraction of sp³-hybridized carbons (Fsp3) is 0.444. The van der Waals surface area contributed by atoms with Crippen LogP contribution in [0, 0.1) is 23.5 Å². The summed E-state index contributed by atoms with van der Waals surface area (Å²) in [6.45, 7) is 6.75. The highest BCUT2D eigenvalue weighted by molar-refractivity contribution is 9.10. The normalized spacial score (nSPS) is 14.4. The highest BCUT2D eigenvalue weighted by Crippen LogP contribution is 2.21. The van der Waals surface area contributed by atoms with Crippen LogP contribution in [0.2, 0.25) is 0 Å². The third-order valence-electron chi connectivity index (χ3n) is 7.71. The van der Waals surface area contributed by atoms with Gasteiger partial charge in [0.1, 0.15) is 18.1 Å². The molecule has 0 unspecified atom stereocenters. The van der Waals surface area contributed by atoms with Crippen molar-refractivity contribution in [3.8, 4) is 0 Å². The number of ether oxygens (including phenoxy) is 1. The van der Waals surface area contributed by atoms with Gasteiger partial charge in [-0.15, -0.1) is 0 Å². The van der Waals surface area contributed by atoms with E-state index >= 15 is 0 Å². The first-order valence-electron chi connectivity index (χ1n) is 18.4. The number of hydrogen-bond acceptors (Lipinski definition) is 14. The number of carboxylic acid groups (broad SMARTS) is 2. The van der Waals surface area contributed by atoms with Crippen molar-refractivity contribution in [1.82, 2.24) is 21.3 Å². The fourth-order valence-corrected chi connectivity index (χ4v) is 5.90. The van der Waals surface area contributed by atoms with E-state index in [-0.39, 0.29) is 36.0 Å². The van der Waals surface area contributed by atoms with E-state index < -0.39 is 111 Å². The van der Waals surface area contributed by atoms with Crippen molar-refractivity contribution in [2.75, 3.05) is 13.1 Å². The van der Waals surface area contributed by atoms with Crippen LogP contribution in [0.25, 0.3) is 0 Å². The zero-order chi connectivity index (χ0) is 47.3. The second-order valence-corrected chi connectivity index (χ2v) is 15.7. The number of amides is 4. The Balaban J connectivity index is 0.000000530. The molecule has 0 radical (unpaired) electrons. The summed E-state index contributed by atoms with van der Waals surface area (Å²) in [7, 11) is -2.82. The van der Waals surface area contributed by atoms with Gasteiger partial charge in [-0.3, -0.25) is 38.4 Å². The van der Waals surface area contributed by atoms with Crippen molar-refractivity contribution >= 4 is 94.1 Å². The van der Waals surface area contributed by atoms with Crippen molar-refractivity contribution in [1.29, 1.82) is 0 Å². The monoisotopic (exact) mass is 1010 g/mol. The Kier molecular flexibility index (Phi) is 24.7. The largest absolute Gasteiger partial charge is 0.552 e. The molecule has 1 saturated heterocycles. The number of aliphatic carboxylic acids is 2. The molecule has 0 spiro atoms. The molecule has 26 heteroatoms. The molecule has 0 aromatic heterocycles. The minimum absolute atomic E-state index is 0.00634. The van der Waals surface area contributed by atoms with Crippen LogP contribution in [0.1, 0.15) is 74.1 Å². The first kappa shape index (κ1) is 55.0. The van der Waals surface area contributed by atoms with Crippen LogP contribution >= 0.6 is 31.9 Å². The standard InChI is InChI=1S/C18H21BBrFN2O7.C14H19BBrFN2O4.C4H6O5/c1-9(2)5-14(19-29-13(7-16(25)26)18(28)30-19)23-15(24)8-22-17(27)11-6-10(21)3-4-12(11)20;1-8(2)5-12(15(22)23)19-13(20)7-18-14(21)10-6-9(17)3-4-11(10)16;5-2-9-4(8)1-3(6)7/h3-4,6,9,13-14H,5,7-8H2,1-2H3,(H,22,27)(H,23,24)(H,25,26);3-4,6,8,12,22-23H,5,7H2,1-2H3,(H,18,21)(H,19,20);2,4,8H,1H2,(H,6,7)/t13-,14+;12-;4-/m101/s1. The molecule has 3 rings (SSSR count). The lowest BCUT2D eigenvalue weighted by molar-refractivity contribution is -0.160. The molecule has 1 aliphatic rings. The van der Waals surface area contributed by atoms with Crippen LogP contribution in [0.5, 0.6) is 0 Å². The van der Waals surface area contributed by atoms with Gasteiger partial charge in [-0.1, -0.05) is 27.7 Å².